The van der Waals surface area contributed by atoms with Crippen LogP contribution in [0.4, 0.5) is 5.82 Å². The lowest BCUT2D eigenvalue weighted by Gasteiger charge is -2.17. The predicted octanol–water partition coefficient (Wildman–Crippen LogP) is 2.85. The molecular weight excluding hydrogens is 350 g/mol. The molecule has 0 bridgehead atoms. The quantitative estimate of drug-likeness (QED) is 0.807. The molecule has 1 heterocycles. The zero-order chi connectivity index (χ0) is 19.3. The van der Waals surface area contributed by atoms with E-state index in [1.54, 1.807) is 24.3 Å². The van der Waals surface area contributed by atoms with Gasteiger partial charge in [-0.25, -0.2) is 13.4 Å². The average molecular weight is 375 g/mol. The molecule has 0 atom stereocenters. The van der Waals surface area contributed by atoms with Crippen LogP contribution in [0.2, 0.25) is 0 Å². The molecule has 1 amide bonds. The Morgan fingerprint density at radius 3 is 2.38 bits per heavy atom. The van der Waals surface area contributed by atoms with Crippen LogP contribution in [-0.2, 0) is 21.2 Å². The molecule has 26 heavy (non-hydrogen) atoms. The summed E-state index contributed by atoms with van der Waals surface area (Å²) < 4.78 is 26.3. The number of likely N-dealkylation sites (N-methyl/N-ethyl adjacent to an activating group) is 1. The molecule has 0 radical (unpaired) electrons. The third-order valence-electron chi connectivity index (χ3n) is 3.80. The highest BCUT2D eigenvalue weighted by atomic mass is 32.2. The number of sulfonamides is 1. The molecule has 1 aromatic heterocycles. The standard InChI is InChI=1S/C19H25N3O3S/c1-14(2)12-16-8-10-17(11-9-16)26(24,25)22(4)13-19(23)21-18-7-5-6-15(3)20-18/h5-11,14H,12-13H2,1-4H3,(H,20,21,23). The van der Waals surface area contributed by atoms with E-state index in [-0.39, 0.29) is 11.4 Å². The molecule has 0 unspecified atom stereocenters. The first-order valence-electron chi connectivity index (χ1n) is 8.47. The van der Waals surface area contributed by atoms with Gasteiger partial charge in [-0.1, -0.05) is 32.0 Å². The normalized spacial score (nSPS) is 11.8. The highest BCUT2D eigenvalue weighted by Gasteiger charge is 2.23. The van der Waals surface area contributed by atoms with Crippen LogP contribution in [0.3, 0.4) is 0 Å². The second-order valence-corrected chi connectivity index (χ2v) is 8.76. The maximum Gasteiger partial charge on any atom is 0.243 e. The molecule has 140 valence electrons. The van der Waals surface area contributed by atoms with E-state index in [2.05, 4.69) is 24.1 Å². The molecule has 0 spiro atoms. The van der Waals surface area contributed by atoms with Crippen molar-refractivity contribution in [3.63, 3.8) is 0 Å². The summed E-state index contributed by atoms with van der Waals surface area (Å²) in [7, 11) is -2.34. The smallest absolute Gasteiger partial charge is 0.243 e. The van der Waals surface area contributed by atoms with Crippen LogP contribution < -0.4 is 5.32 Å². The Kier molecular flexibility index (Phi) is 6.50. The van der Waals surface area contributed by atoms with E-state index >= 15 is 0 Å². The molecule has 7 heteroatoms. The summed E-state index contributed by atoms with van der Waals surface area (Å²) in [5, 5.41) is 2.61. The van der Waals surface area contributed by atoms with Crippen molar-refractivity contribution in [3.05, 3.63) is 53.7 Å². The first-order chi connectivity index (χ1) is 12.2. The van der Waals surface area contributed by atoms with Crippen molar-refractivity contribution in [2.24, 2.45) is 5.92 Å². The number of hydrogen-bond acceptors (Lipinski definition) is 4. The van der Waals surface area contributed by atoms with Crippen LogP contribution in [-0.4, -0.2) is 37.2 Å². The maximum absolute atomic E-state index is 12.6. The van der Waals surface area contributed by atoms with Gasteiger partial charge in [0, 0.05) is 12.7 Å². The Hall–Kier alpha value is -2.25. The largest absolute Gasteiger partial charge is 0.310 e. The highest BCUT2D eigenvalue weighted by Crippen LogP contribution is 2.17. The SMILES string of the molecule is Cc1cccc(NC(=O)CN(C)S(=O)(=O)c2ccc(CC(C)C)cc2)n1. The van der Waals surface area contributed by atoms with E-state index in [0.717, 1.165) is 22.0 Å². The summed E-state index contributed by atoms with van der Waals surface area (Å²) in [5.41, 5.74) is 1.86. The van der Waals surface area contributed by atoms with Gasteiger partial charge in [0.2, 0.25) is 15.9 Å². The van der Waals surface area contributed by atoms with E-state index in [1.807, 2.05) is 25.1 Å². The molecule has 0 aliphatic rings. The van der Waals surface area contributed by atoms with Crippen molar-refractivity contribution < 1.29 is 13.2 Å². The van der Waals surface area contributed by atoms with Crippen LogP contribution in [0.15, 0.2) is 47.4 Å². The van der Waals surface area contributed by atoms with Gasteiger partial charge in [0.05, 0.1) is 11.4 Å². The zero-order valence-electron chi connectivity index (χ0n) is 15.6. The summed E-state index contributed by atoms with van der Waals surface area (Å²) >= 11 is 0. The molecule has 0 fully saturated rings. The van der Waals surface area contributed by atoms with E-state index in [4.69, 9.17) is 0 Å². The van der Waals surface area contributed by atoms with Crippen molar-refractivity contribution in [2.45, 2.75) is 32.1 Å². The van der Waals surface area contributed by atoms with Crippen LogP contribution in [0, 0.1) is 12.8 Å². The molecule has 0 saturated heterocycles. The number of nitrogens with zero attached hydrogens (tertiary/aromatic N) is 2. The number of carbonyl (C=O) groups excluding carboxylic acids is 1. The second-order valence-electron chi connectivity index (χ2n) is 6.72. The van der Waals surface area contributed by atoms with Gasteiger partial charge in [-0.3, -0.25) is 4.79 Å². The van der Waals surface area contributed by atoms with E-state index in [9.17, 15) is 13.2 Å². The van der Waals surface area contributed by atoms with Gasteiger partial charge in [0.1, 0.15) is 5.82 Å². The lowest BCUT2D eigenvalue weighted by Crippen LogP contribution is -2.35. The van der Waals surface area contributed by atoms with E-state index in [1.165, 1.54) is 7.05 Å². The number of aromatic nitrogens is 1. The number of aryl methyl sites for hydroxylation is 1. The molecule has 2 rings (SSSR count). The van der Waals surface area contributed by atoms with Gasteiger partial charge in [-0.2, -0.15) is 4.31 Å². The van der Waals surface area contributed by atoms with Crippen LogP contribution in [0.5, 0.6) is 0 Å². The van der Waals surface area contributed by atoms with E-state index < -0.39 is 15.9 Å². The van der Waals surface area contributed by atoms with Gasteiger partial charge >= 0.3 is 0 Å². The number of benzene rings is 1. The van der Waals surface area contributed by atoms with Crippen LogP contribution >= 0.6 is 0 Å². The van der Waals surface area contributed by atoms with Crippen molar-refractivity contribution in [3.8, 4) is 0 Å². The number of amides is 1. The van der Waals surface area contributed by atoms with Gasteiger partial charge in [0.25, 0.3) is 0 Å². The third-order valence-corrected chi connectivity index (χ3v) is 5.62. The maximum atomic E-state index is 12.6. The predicted molar refractivity (Wildman–Crippen MR) is 102 cm³/mol. The molecular formula is C19H25N3O3S. The summed E-state index contributed by atoms with van der Waals surface area (Å²) in [6, 6.07) is 12.1. The van der Waals surface area contributed by atoms with Gasteiger partial charge < -0.3 is 5.32 Å². The van der Waals surface area contributed by atoms with Crippen LogP contribution in [0.1, 0.15) is 25.1 Å². The second kappa shape index (κ2) is 8.42. The summed E-state index contributed by atoms with van der Waals surface area (Å²) in [6.45, 7) is 5.75. The van der Waals surface area contributed by atoms with Gasteiger partial charge in [0.15, 0.2) is 0 Å². The summed E-state index contributed by atoms with van der Waals surface area (Å²) in [5.74, 6) is 0.462. The summed E-state index contributed by atoms with van der Waals surface area (Å²) in [4.78, 5) is 16.5. The minimum atomic E-state index is -3.73. The van der Waals surface area contributed by atoms with Crippen LogP contribution in [0.25, 0.3) is 0 Å². The number of pyridine rings is 1. The lowest BCUT2D eigenvalue weighted by molar-refractivity contribution is -0.116. The van der Waals surface area contributed by atoms with Crippen molar-refractivity contribution >= 4 is 21.7 Å². The molecule has 1 N–H and O–H groups in total. The minimum Gasteiger partial charge on any atom is -0.310 e. The van der Waals surface area contributed by atoms with Crippen molar-refractivity contribution in [2.75, 3.05) is 18.9 Å². The number of anilines is 1. The number of nitrogens with one attached hydrogen (secondary N) is 1. The number of rotatable bonds is 7. The molecule has 0 saturated carbocycles. The minimum absolute atomic E-state index is 0.175. The monoisotopic (exact) mass is 375 g/mol. The van der Waals surface area contributed by atoms with Crippen molar-refractivity contribution in [1.29, 1.82) is 0 Å². The molecule has 0 aliphatic carbocycles. The van der Waals surface area contributed by atoms with Gasteiger partial charge in [-0.15, -0.1) is 0 Å². The Morgan fingerprint density at radius 2 is 1.81 bits per heavy atom. The molecule has 2 aromatic rings. The first-order valence-corrected chi connectivity index (χ1v) is 9.91. The molecule has 6 nitrogen and oxygen atoms in total. The molecule has 0 aliphatic heterocycles. The third kappa shape index (κ3) is 5.37. The fourth-order valence-corrected chi connectivity index (χ4v) is 3.66. The topological polar surface area (TPSA) is 79.4 Å². The van der Waals surface area contributed by atoms with E-state index in [0.29, 0.717) is 11.7 Å². The Balaban J connectivity index is 2.04. The Bertz CT molecular complexity index is 862. The highest BCUT2D eigenvalue weighted by molar-refractivity contribution is 7.89. The fraction of sp³-hybridized carbons (Fsp3) is 0.368. The van der Waals surface area contributed by atoms with Gasteiger partial charge in [-0.05, 0) is 49.1 Å². The molecule has 1 aromatic carbocycles. The Labute approximate surface area is 155 Å². The first kappa shape index (κ1) is 20.1. The van der Waals surface area contributed by atoms with Crippen molar-refractivity contribution in [1.82, 2.24) is 9.29 Å². The Morgan fingerprint density at radius 1 is 1.15 bits per heavy atom. The average Bonchev–Trinajstić information content (AvgIpc) is 2.54. The lowest BCUT2D eigenvalue weighted by atomic mass is 10.0. The summed E-state index contributed by atoms with van der Waals surface area (Å²) in [6.07, 6.45) is 0.891. The fourth-order valence-electron chi connectivity index (χ4n) is 2.53. The number of carbonyl (C=O) groups is 1. The number of hydrogen-bond donors (Lipinski definition) is 1. The zero-order valence-corrected chi connectivity index (χ0v) is 16.4.